The van der Waals surface area contributed by atoms with Crippen molar-refractivity contribution in [3.63, 3.8) is 0 Å². The number of benzene rings is 1. The Bertz CT molecular complexity index is 498. The highest BCUT2D eigenvalue weighted by atomic mass is 16.2. The van der Waals surface area contributed by atoms with Gasteiger partial charge < -0.3 is 10.6 Å². The normalized spacial score (nSPS) is 23.6. The Morgan fingerprint density at radius 3 is 2.64 bits per heavy atom. The van der Waals surface area contributed by atoms with Gasteiger partial charge in [-0.15, -0.1) is 0 Å². The van der Waals surface area contributed by atoms with Gasteiger partial charge in [0.05, 0.1) is 6.04 Å². The minimum Gasteiger partial charge on any atom is -0.340 e. The molecular weight excluding hydrogens is 274 g/mol. The van der Waals surface area contributed by atoms with Gasteiger partial charge in [-0.3, -0.25) is 9.69 Å². The molecule has 1 aliphatic carbocycles. The van der Waals surface area contributed by atoms with Crippen molar-refractivity contribution in [3.8, 4) is 0 Å². The van der Waals surface area contributed by atoms with Crippen LogP contribution in [0, 0.1) is 0 Å². The Labute approximate surface area is 133 Å². The van der Waals surface area contributed by atoms with E-state index >= 15 is 0 Å². The first kappa shape index (κ1) is 15.5. The van der Waals surface area contributed by atoms with Crippen LogP contribution in [0.5, 0.6) is 0 Å². The molecule has 1 aliphatic heterocycles. The van der Waals surface area contributed by atoms with Crippen molar-refractivity contribution in [2.75, 3.05) is 13.1 Å². The molecule has 1 aromatic carbocycles. The minimum absolute atomic E-state index is 0.0974. The Balaban J connectivity index is 1.67. The summed E-state index contributed by atoms with van der Waals surface area (Å²) >= 11 is 0. The molecule has 1 heterocycles. The summed E-state index contributed by atoms with van der Waals surface area (Å²) < 4.78 is 0. The van der Waals surface area contributed by atoms with Crippen LogP contribution in [0.15, 0.2) is 30.3 Å². The van der Waals surface area contributed by atoms with E-state index in [1.54, 1.807) is 6.92 Å². The molecule has 120 valence electrons. The Morgan fingerprint density at radius 2 is 2.00 bits per heavy atom. The molecule has 0 spiro atoms. The second-order valence-corrected chi connectivity index (χ2v) is 6.76. The summed E-state index contributed by atoms with van der Waals surface area (Å²) in [6, 6.07) is 11.5. The monoisotopic (exact) mass is 301 g/mol. The summed E-state index contributed by atoms with van der Waals surface area (Å²) in [4.78, 5) is 16.8. The van der Waals surface area contributed by atoms with Gasteiger partial charge in [-0.2, -0.15) is 0 Å². The maximum Gasteiger partial charge on any atom is 0.239 e. The van der Waals surface area contributed by atoms with Crippen LogP contribution in [0.1, 0.15) is 38.2 Å². The van der Waals surface area contributed by atoms with Crippen LogP contribution in [0.3, 0.4) is 0 Å². The maximum absolute atomic E-state index is 12.2. The van der Waals surface area contributed by atoms with Gasteiger partial charge in [-0.05, 0) is 38.2 Å². The lowest BCUT2D eigenvalue weighted by Crippen LogP contribution is -2.53. The van der Waals surface area contributed by atoms with Gasteiger partial charge >= 0.3 is 0 Å². The van der Waals surface area contributed by atoms with Gasteiger partial charge in [0.1, 0.15) is 0 Å². The largest absolute Gasteiger partial charge is 0.340 e. The molecule has 2 aliphatic rings. The van der Waals surface area contributed by atoms with Gasteiger partial charge in [-0.1, -0.05) is 30.3 Å². The second-order valence-electron chi connectivity index (χ2n) is 6.76. The molecule has 1 saturated heterocycles. The zero-order valence-electron chi connectivity index (χ0n) is 13.4. The number of rotatable bonds is 5. The summed E-state index contributed by atoms with van der Waals surface area (Å²) in [5.74, 6) is 0.0974. The standard InChI is InChI=1S/C18H27N3O/c1-14(19)18(22)20-11-5-8-17(13-20)21(16-9-10-16)12-15-6-3-2-4-7-15/h2-4,6-7,14,16-17H,5,8-13,19H2,1H3. The van der Waals surface area contributed by atoms with E-state index < -0.39 is 0 Å². The number of nitrogens with two attached hydrogens (primary N) is 1. The lowest BCUT2D eigenvalue weighted by molar-refractivity contribution is -0.134. The zero-order chi connectivity index (χ0) is 15.5. The predicted molar refractivity (Wildman–Crippen MR) is 88.3 cm³/mol. The average molecular weight is 301 g/mol. The molecule has 0 aromatic heterocycles. The van der Waals surface area contributed by atoms with Crippen LogP contribution >= 0.6 is 0 Å². The minimum atomic E-state index is -0.387. The molecule has 3 rings (SSSR count). The lowest BCUT2D eigenvalue weighted by atomic mass is 10.0. The number of likely N-dealkylation sites (tertiary alicyclic amines) is 1. The first-order valence-electron chi connectivity index (χ1n) is 8.49. The molecule has 2 N–H and O–H groups in total. The highest BCUT2D eigenvalue weighted by molar-refractivity contribution is 5.81. The number of carbonyl (C=O) groups is 1. The Kier molecular flexibility index (Phi) is 4.79. The summed E-state index contributed by atoms with van der Waals surface area (Å²) in [5.41, 5.74) is 7.14. The van der Waals surface area contributed by atoms with E-state index in [-0.39, 0.29) is 11.9 Å². The van der Waals surface area contributed by atoms with Gasteiger partial charge in [-0.25, -0.2) is 0 Å². The molecule has 2 unspecified atom stereocenters. The number of nitrogens with zero attached hydrogens (tertiary/aromatic N) is 2. The molecular formula is C18H27N3O. The van der Waals surface area contributed by atoms with E-state index in [2.05, 4.69) is 35.2 Å². The van der Waals surface area contributed by atoms with Crippen LogP contribution in [-0.2, 0) is 11.3 Å². The van der Waals surface area contributed by atoms with E-state index in [1.165, 1.54) is 24.8 Å². The number of hydrogen-bond donors (Lipinski definition) is 1. The smallest absolute Gasteiger partial charge is 0.239 e. The Morgan fingerprint density at radius 1 is 1.27 bits per heavy atom. The molecule has 0 radical (unpaired) electrons. The van der Waals surface area contributed by atoms with Gasteiger partial charge in [0, 0.05) is 31.7 Å². The van der Waals surface area contributed by atoms with E-state index in [4.69, 9.17) is 5.73 Å². The summed E-state index contributed by atoms with van der Waals surface area (Å²) in [7, 11) is 0. The Hall–Kier alpha value is -1.39. The first-order valence-corrected chi connectivity index (χ1v) is 8.49. The van der Waals surface area contributed by atoms with Crippen LogP contribution in [0.25, 0.3) is 0 Å². The third-order valence-electron chi connectivity index (χ3n) is 4.79. The SMILES string of the molecule is CC(N)C(=O)N1CCCC(N(Cc2ccccc2)C2CC2)C1. The predicted octanol–water partition coefficient (Wildman–Crippen LogP) is 1.99. The highest BCUT2D eigenvalue weighted by Crippen LogP contribution is 2.32. The molecule has 1 saturated carbocycles. The fourth-order valence-electron chi connectivity index (χ4n) is 3.47. The third kappa shape index (κ3) is 3.68. The molecule has 0 bridgehead atoms. The summed E-state index contributed by atoms with van der Waals surface area (Å²) in [6.07, 6.45) is 4.86. The average Bonchev–Trinajstić information content (AvgIpc) is 3.37. The van der Waals surface area contributed by atoms with Crippen molar-refractivity contribution in [2.24, 2.45) is 5.73 Å². The van der Waals surface area contributed by atoms with Crippen molar-refractivity contribution >= 4 is 5.91 Å². The third-order valence-corrected chi connectivity index (χ3v) is 4.79. The fraction of sp³-hybridized carbons (Fsp3) is 0.611. The van der Waals surface area contributed by atoms with E-state index in [0.717, 1.165) is 26.1 Å². The van der Waals surface area contributed by atoms with Crippen molar-refractivity contribution in [1.82, 2.24) is 9.80 Å². The number of carbonyl (C=O) groups excluding carboxylic acids is 1. The van der Waals surface area contributed by atoms with E-state index in [9.17, 15) is 4.79 Å². The number of amides is 1. The summed E-state index contributed by atoms with van der Waals surface area (Å²) in [5, 5.41) is 0. The fourth-order valence-corrected chi connectivity index (χ4v) is 3.47. The quantitative estimate of drug-likeness (QED) is 0.905. The van der Waals surface area contributed by atoms with Crippen LogP contribution in [-0.4, -0.2) is 46.9 Å². The lowest BCUT2D eigenvalue weighted by Gasteiger charge is -2.40. The molecule has 1 aromatic rings. The van der Waals surface area contributed by atoms with Crippen molar-refractivity contribution < 1.29 is 4.79 Å². The molecule has 4 heteroatoms. The molecule has 22 heavy (non-hydrogen) atoms. The van der Waals surface area contributed by atoms with E-state index in [1.807, 2.05) is 4.90 Å². The number of hydrogen-bond acceptors (Lipinski definition) is 3. The van der Waals surface area contributed by atoms with Crippen LogP contribution in [0.2, 0.25) is 0 Å². The topological polar surface area (TPSA) is 49.6 Å². The number of piperidine rings is 1. The van der Waals surface area contributed by atoms with Crippen LogP contribution in [0.4, 0.5) is 0 Å². The highest BCUT2D eigenvalue weighted by Gasteiger charge is 2.36. The maximum atomic E-state index is 12.2. The zero-order valence-corrected chi connectivity index (χ0v) is 13.4. The molecule has 2 fully saturated rings. The van der Waals surface area contributed by atoms with Gasteiger partial charge in [0.25, 0.3) is 0 Å². The van der Waals surface area contributed by atoms with Gasteiger partial charge in [0.2, 0.25) is 5.91 Å². The van der Waals surface area contributed by atoms with Crippen LogP contribution < -0.4 is 5.73 Å². The van der Waals surface area contributed by atoms with Crippen molar-refractivity contribution in [1.29, 1.82) is 0 Å². The second kappa shape index (κ2) is 6.80. The first-order chi connectivity index (χ1) is 10.6. The van der Waals surface area contributed by atoms with E-state index in [0.29, 0.717) is 12.1 Å². The van der Waals surface area contributed by atoms with Gasteiger partial charge in [0.15, 0.2) is 0 Å². The molecule has 4 nitrogen and oxygen atoms in total. The van der Waals surface area contributed by atoms with Crippen molar-refractivity contribution in [3.05, 3.63) is 35.9 Å². The summed E-state index contributed by atoms with van der Waals surface area (Å²) in [6.45, 7) is 4.48. The molecule has 1 amide bonds. The molecule has 2 atom stereocenters. The van der Waals surface area contributed by atoms with Crippen molar-refractivity contribution in [2.45, 2.75) is 57.3 Å².